The van der Waals surface area contributed by atoms with Gasteiger partial charge in [-0.05, 0) is 68.7 Å². The molecule has 1 aromatic carbocycles. The molecule has 1 saturated heterocycles. The maximum atomic E-state index is 12.7. The molecule has 0 bridgehead atoms. The Morgan fingerprint density at radius 3 is 2.74 bits per heavy atom. The second-order valence-corrected chi connectivity index (χ2v) is 10.2. The van der Waals surface area contributed by atoms with E-state index in [0.29, 0.717) is 12.5 Å². The average Bonchev–Trinajstić information content (AvgIpc) is 2.66. The van der Waals surface area contributed by atoms with E-state index < -0.39 is 9.84 Å². The number of piperidine rings is 1. The lowest BCUT2D eigenvalue weighted by atomic mass is 9.96. The molecule has 0 spiro atoms. The molecule has 27 heavy (non-hydrogen) atoms. The number of hydrogen-bond donors (Lipinski definition) is 0. The normalized spacial score (nSPS) is 20.4. The number of aryl methyl sites for hydroxylation is 1. The van der Waals surface area contributed by atoms with Gasteiger partial charge in [0.1, 0.15) is 9.84 Å². The summed E-state index contributed by atoms with van der Waals surface area (Å²) in [6, 6.07) is 7.16. The molecule has 0 aliphatic carbocycles. The molecule has 2 aliphatic heterocycles. The number of amides is 1. The number of carbonyl (C=O) groups excluding carboxylic acids is 1. The SMILES string of the molecule is CC[C@H]1CCCCN1c1ccc2c(c1)CCCN2C(=O)CCCS(C)(=O)=O. The zero-order valence-corrected chi connectivity index (χ0v) is 17.4. The van der Waals surface area contributed by atoms with Gasteiger partial charge in [-0.3, -0.25) is 4.79 Å². The predicted octanol–water partition coefficient (Wildman–Crippen LogP) is 3.56. The number of hydrogen-bond acceptors (Lipinski definition) is 4. The maximum Gasteiger partial charge on any atom is 0.227 e. The lowest BCUT2D eigenvalue weighted by Gasteiger charge is -2.38. The van der Waals surface area contributed by atoms with E-state index in [1.54, 1.807) is 0 Å². The Labute approximate surface area is 163 Å². The van der Waals surface area contributed by atoms with Gasteiger partial charge in [-0.25, -0.2) is 8.42 Å². The van der Waals surface area contributed by atoms with Crippen molar-refractivity contribution in [3.63, 3.8) is 0 Å². The minimum absolute atomic E-state index is 0.0387. The molecular formula is C21H32N2O3S. The van der Waals surface area contributed by atoms with Crippen molar-refractivity contribution < 1.29 is 13.2 Å². The van der Waals surface area contributed by atoms with Crippen LogP contribution in [0.1, 0.15) is 57.4 Å². The summed E-state index contributed by atoms with van der Waals surface area (Å²) in [5, 5.41) is 0. The summed E-state index contributed by atoms with van der Waals surface area (Å²) in [5.74, 6) is 0.114. The van der Waals surface area contributed by atoms with Crippen LogP contribution in [0.5, 0.6) is 0 Å². The average molecular weight is 393 g/mol. The van der Waals surface area contributed by atoms with E-state index in [9.17, 15) is 13.2 Å². The molecule has 6 heteroatoms. The second kappa shape index (κ2) is 8.63. The molecule has 0 saturated carbocycles. The highest BCUT2D eigenvalue weighted by atomic mass is 32.2. The molecule has 5 nitrogen and oxygen atoms in total. The van der Waals surface area contributed by atoms with Gasteiger partial charge in [-0.1, -0.05) is 6.92 Å². The quantitative estimate of drug-likeness (QED) is 0.743. The Morgan fingerprint density at radius 2 is 2.00 bits per heavy atom. The first-order chi connectivity index (χ1) is 12.9. The molecule has 3 rings (SSSR count). The molecule has 0 unspecified atom stereocenters. The predicted molar refractivity (Wildman–Crippen MR) is 111 cm³/mol. The molecule has 1 aromatic rings. The minimum Gasteiger partial charge on any atom is -0.369 e. The number of anilines is 2. The third-order valence-corrected chi connectivity index (χ3v) is 6.85. The zero-order chi connectivity index (χ0) is 19.4. The summed E-state index contributed by atoms with van der Waals surface area (Å²) in [4.78, 5) is 17.1. The van der Waals surface area contributed by atoms with Crippen LogP contribution in [0.15, 0.2) is 18.2 Å². The van der Waals surface area contributed by atoms with E-state index in [2.05, 4.69) is 30.0 Å². The van der Waals surface area contributed by atoms with Gasteiger partial charge in [0.15, 0.2) is 0 Å². The molecule has 0 N–H and O–H groups in total. The van der Waals surface area contributed by atoms with Crippen molar-refractivity contribution in [1.29, 1.82) is 0 Å². The lowest BCUT2D eigenvalue weighted by molar-refractivity contribution is -0.118. The molecule has 150 valence electrons. The van der Waals surface area contributed by atoms with Gasteiger partial charge in [0.25, 0.3) is 0 Å². The van der Waals surface area contributed by atoms with Gasteiger partial charge in [-0.2, -0.15) is 0 Å². The van der Waals surface area contributed by atoms with Crippen molar-refractivity contribution in [3.05, 3.63) is 23.8 Å². The van der Waals surface area contributed by atoms with Gasteiger partial charge in [-0.15, -0.1) is 0 Å². The Kier molecular flexibility index (Phi) is 6.45. The van der Waals surface area contributed by atoms with Crippen LogP contribution in [0.25, 0.3) is 0 Å². The van der Waals surface area contributed by atoms with Gasteiger partial charge in [0.05, 0.1) is 5.75 Å². The standard InChI is InChI=1S/C21H32N2O3S/c1-3-18-9-4-5-13-22(18)19-11-12-20-17(16-19)8-6-14-23(20)21(24)10-7-15-27(2,25)26/h11-12,16,18H,3-10,13-15H2,1-2H3/t18-/m0/s1. The van der Waals surface area contributed by atoms with Gasteiger partial charge >= 0.3 is 0 Å². The molecular weight excluding hydrogens is 360 g/mol. The molecule has 1 amide bonds. The Morgan fingerprint density at radius 1 is 1.19 bits per heavy atom. The molecule has 1 atom stereocenters. The summed E-state index contributed by atoms with van der Waals surface area (Å²) in [5.41, 5.74) is 3.54. The van der Waals surface area contributed by atoms with E-state index in [1.165, 1.54) is 43.2 Å². The highest BCUT2D eigenvalue weighted by molar-refractivity contribution is 7.90. The van der Waals surface area contributed by atoms with Crippen LogP contribution in [-0.4, -0.2) is 45.5 Å². The Bertz CT molecular complexity index is 776. The van der Waals surface area contributed by atoms with E-state index in [0.717, 1.165) is 31.6 Å². The van der Waals surface area contributed by atoms with Crippen LogP contribution in [0.4, 0.5) is 11.4 Å². The van der Waals surface area contributed by atoms with Crippen LogP contribution in [0.3, 0.4) is 0 Å². The van der Waals surface area contributed by atoms with Crippen molar-refractivity contribution in [2.45, 2.75) is 64.3 Å². The third-order valence-electron chi connectivity index (χ3n) is 5.82. The number of carbonyl (C=O) groups is 1. The zero-order valence-electron chi connectivity index (χ0n) is 16.6. The molecule has 2 aliphatic rings. The summed E-state index contributed by atoms with van der Waals surface area (Å²) in [6.07, 6.45) is 8.87. The fourth-order valence-electron chi connectivity index (χ4n) is 4.41. The van der Waals surface area contributed by atoms with Gasteiger partial charge < -0.3 is 9.80 Å². The highest BCUT2D eigenvalue weighted by Crippen LogP contribution is 2.34. The summed E-state index contributed by atoms with van der Waals surface area (Å²) in [6.45, 7) is 4.11. The van der Waals surface area contributed by atoms with Crippen LogP contribution in [0.2, 0.25) is 0 Å². The molecule has 0 radical (unpaired) electrons. The van der Waals surface area contributed by atoms with Crippen molar-refractivity contribution in [2.24, 2.45) is 0 Å². The molecule has 1 fully saturated rings. The van der Waals surface area contributed by atoms with Crippen LogP contribution >= 0.6 is 0 Å². The number of nitrogens with zero attached hydrogens (tertiary/aromatic N) is 2. The van der Waals surface area contributed by atoms with Crippen LogP contribution in [0, 0.1) is 0 Å². The second-order valence-electron chi connectivity index (χ2n) is 7.95. The first-order valence-corrected chi connectivity index (χ1v) is 12.3. The monoisotopic (exact) mass is 392 g/mol. The fourth-order valence-corrected chi connectivity index (χ4v) is 5.08. The number of sulfone groups is 1. The van der Waals surface area contributed by atoms with Gasteiger partial charge in [0.2, 0.25) is 5.91 Å². The van der Waals surface area contributed by atoms with E-state index in [1.807, 2.05) is 4.90 Å². The maximum absolute atomic E-state index is 12.7. The number of benzene rings is 1. The Hall–Kier alpha value is -1.56. The fraction of sp³-hybridized carbons (Fsp3) is 0.667. The summed E-state index contributed by atoms with van der Waals surface area (Å²) >= 11 is 0. The van der Waals surface area contributed by atoms with Crippen molar-refractivity contribution in [3.8, 4) is 0 Å². The molecule has 2 heterocycles. The lowest BCUT2D eigenvalue weighted by Crippen LogP contribution is -2.39. The minimum atomic E-state index is -3.01. The summed E-state index contributed by atoms with van der Waals surface area (Å²) in [7, 11) is -3.01. The van der Waals surface area contributed by atoms with E-state index in [-0.39, 0.29) is 18.1 Å². The first kappa shape index (κ1) is 20.2. The Balaban J connectivity index is 1.73. The highest BCUT2D eigenvalue weighted by Gasteiger charge is 2.25. The van der Waals surface area contributed by atoms with E-state index in [4.69, 9.17) is 0 Å². The summed E-state index contributed by atoms with van der Waals surface area (Å²) < 4.78 is 22.6. The number of rotatable bonds is 6. The third kappa shape index (κ3) is 5.03. The van der Waals surface area contributed by atoms with Crippen molar-refractivity contribution >= 4 is 27.1 Å². The number of fused-ring (bicyclic) bond motifs is 1. The smallest absolute Gasteiger partial charge is 0.227 e. The first-order valence-electron chi connectivity index (χ1n) is 10.3. The van der Waals surface area contributed by atoms with Crippen molar-refractivity contribution in [1.82, 2.24) is 0 Å². The van der Waals surface area contributed by atoms with Gasteiger partial charge in [0, 0.05) is 43.2 Å². The van der Waals surface area contributed by atoms with Crippen LogP contribution < -0.4 is 9.80 Å². The van der Waals surface area contributed by atoms with E-state index >= 15 is 0 Å². The topological polar surface area (TPSA) is 57.7 Å². The largest absolute Gasteiger partial charge is 0.369 e. The molecule has 0 aromatic heterocycles. The van der Waals surface area contributed by atoms with Crippen LogP contribution in [-0.2, 0) is 21.1 Å². The van der Waals surface area contributed by atoms with Crippen molar-refractivity contribution in [2.75, 3.05) is 34.9 Å².